The molecule has 1 aromatic rings. The number of hydrogen-bond acceptors (Lipinski definition) is 4. The molecule has 2 aliphatic heterocycles. The van der Waals surface area contributed by atoms with Crippen LogP contribution in [0.5, 0.6) is 0 Å². The largest absolute Gasteiger partial charge is 0.450 e. The molecule has 1 aromatic carbocycles. The molecular formula is C18H23N3O4. The Kier molecular flexibility index (Phi) is 5.21. The van der Waals surface area contributed by atoms with E-state index in [-0.39, 0.29) is 17.9 Å². The number of rotatable bonds is 2. The molecule has 1 saturated heterocycles. The molecule has 3 amide bonds. The van der Waals surface area contributed by atoms with Crippen molar-refractivity contribution in [1.82, 2.24) is 9.80 Å². The van der Waals surface area contributed by atoms with Crippen LogP contribution >= 0.6 is 0 Å². The van der Waals surface area contributed by atoms with E-state index in [1.165, 1.54) is 0 Å². The summed E-state index contributed by atoms with van der Waals surface area (Å²) in [5, 5.41) is 2.82. The maximum Gasteiger partial charge on any atom is 0.409 e. The second-order valence-electron chi connectivity index (χ2n) is 6.25. The van der Waals surface area contributed by atoms with Crippen LogP contribution in [0.1, 0.15) is 35.7 Å². The molecule has 0 radical (unpaired) electrons. The Hall–Kier alpha value is -2.57. The van der Waals surface area contributed by atoms with Crippen LogP contribution in [0.2, 0.25) is 0 Å². The molecule has 0 atom stereocenters. The Balaban J connectivity index is 1.67. The summed E-state index contributed by atoms with van der Waals surface area (Å²) in [6.07, 6.45) is 1.51. The van der Waals surface area contributed by atoms with Gasteiger partial charge in [0, 0.05) is 43.9 Å². The SMILES string of the molecule is CCOC(=O)N1CCCN(C(=O)c2ccc3c(c2)CCC(=O)N3)CC1. The van der Waals surface area contributed by atoms with Gasteiger partial charge < -0.3 is 19.9 Å². The van der Waals surface area contributed by atoms with Crippen LogP contribution in [0.4, 0.5) is 10.5 Å². The summed E-state index contributed by atoms with van der Waals surface area (Å²) in [6, 6.07) is 5.41. The predicted molar refractivity (Wildman–Crippen MR) is 92.5 cm³/mol. The van der Waals surface area contributed by atoms with Crippen molar-refractivity contribution in [3.8, 4) is 0 Å². The van der Waals surface area contributed by atoms with E-state index < -0.39 is 0 Å². The first-order chi connectivity index (χ1) is 12.1. The number of anilines is 1. The van der Waals surface area contributed by atoms with Gasteiger partial charge in [-0.1, -0.05) is 0 Å². The first-order valence-corrected chi connectivity index (χ1v) is 8.72. The second kappa shape index (κ2) is 7.55. The van der Waals surface area contributed by atoms with Gasteiger partial charge in [0.1, 0.15) is 0 Å². The van der Waals surface area contributed by atoms with E-state index in [0.717, 1.165) is 17.7 Å². The highest BCUT2D eigenvalue weighted by atomic mass is 16.6. The fourth-order valence-corrected chi connectivity index (χ4v) is 3.22. The van der Waals surface area contributed by atoms with E-state index in [2.05, 4.69) is 5.32 Å². The third-order valence-electron chi connectivity index (χ3n) is 4.56. The minimum atomic E-state index is -0.318. The lowest BCUT2D eigenvalue weighted by Gasteiger charge is -2.23. The number of fused-ring (bicyclic) bond motifs is 1. The van der Waals surface area contributed by atoms with Gasteiger partial charge in [-0.3, -0.25) is 9.59 Å². The van der Waals surface area contributed by atoms with Crippen LogP contribution < -0.4 is 5.32 Å². The lowest BCUT2D eigenvalue weighted by Crippen LogP contribution is -2.37. The monoisotopic (exact) mass is 345 g/mol. The molecule has 2 heterocycles. The molecule has 0 unspecified atom stereocenters. The zero-order valence-electron chi connectivity index (χ0n) is 14.4. The molecule has 1 N–H and O–H groups in total. The van der Waals surface area contributed by atoms with Crippen LogP contribution in [-0.4, -0.2) is 60.5 Å². The predicted octanol–water partition coefficient (Wildman–Crippen LogP) is 1.88. The normalized spacial score (nSPS) is 17.4. The van der Waals surface area contributed by atoms with E-state index in [9.17, 15) is 14.4 Å². The number of carbonyl (C=O) groups excluding carboxylic acids is 3. The molecular weight excluding hydrogens is 322 g/mol. The zero-order chi connectivity index (χ0) is 17.8. The molecule has 134 valence electrons. The van der Waals surface area contributed by atoms with Gasteiger partial charge in [0.2, 0.25) is 5.91 Å². The number of nitrogens with zero attached hydrogens (tertiary/aromatic N) is 2. The number of carbonyl (C=O) groups is 3. The van der Waals surface area contributed by atoms with Gasteiger partial charge in [-0.05, 0) is 43.5 Å². The summed E-state index contributed by atoms with van der Waals surface area (Å²) in [4.78, 5) is 39.5. The molecule has 25 heavy (non-hydrogen) atoms. The molecule has 2 aliphatic rings. The molecule has 7 nitrogen and oxygen atoms in total. The van der Waals surface area contributed by atoms with Crippen LogP contribution in [0.3, 0.4) is 0 Å². The summed E-state index contributed by atoms with van der Waals surface area (Å²) in [6.45, 7) is 4.31. The topological polar surface area (TPSA) is 79.0 Å². The summed E-state index contributed by atoms with van der Waals surface area (Å²) in [5.41, 5.74) is 2.41. The maximum atomic E-state index is 12.8. The lowest BCUT2D eigenvalue weighted by atomic mass is 10.00. The second-order valence-corrected chi connectivity index (χ2v) is 6.25. The van der Waals surface area contributed by atoms with Crippen molar-refractivity contribution in [1.29, 1.82) is 0 Å². The molecule has 3 rings (SSSR count). The molecule has 0 aromatic heterocycles. The Morgan fingerprint density at radius 1 is 1.12 bits per heavy atom. The summed E-state index contributed by atoms with van der Waals surface area (Å²) in [7, 11) is 0. The van der Waals surface area contributed by atoms with E-state index >= 15 is 0 Å². The Labute approximate surface area is 146 Å². The molecule has 0 spiro atoms. The van der Waals surface area contributed by atoms with Crippen molar-refractivity contribution < 1.29 is 19.1 Å². The van der Waals surface area contributed by atoms with Gasteiger partial charge in [-0.2, -0.15) is 0 Å². The molecule has 7 heteroatoms. The summed E-state index contributed by atoms with van der Waals surface area (Å²) < 4.78 is 5.04. The third kappa shape index (κ3) is 3.92. The average Bonchev–Trinajstić information content (AvgIpc) is 2.87. The van der Waals surface area contributed by atoms with Crippen LogP contribution in [-0.2, 0) is 16.0 Å². The fourth-order valence-electron chi connectivity index (χ4n) is 3.22. The average molecular weight is 345 g/mol. The van der Waals surface area contributed by atoms with Crippen LogP contribution in [0.25, 0.3) is 0 Å². The van der Waals surface area contributed by atoms with Crippen molar-refractivity contribution in [3.63, 3.8) is 0 Å². The summed E-state index contributed by atoms with van der Waals surface area (Å²) in [5.74, 6) is -0.0245. The van der Waals surface area contributed by atoms with Gasteiger partial charge in [0.15, 0.2) is 0 Å². The van der Waals surface area contributed by atoms with Crippen LogP contribution in [0, 0.1) is 0 Å². The van der Waals surface area contributed by atoms with Crippen LogP contribution in [0.15, 0.2) is 18.2 Å². The maximum absolute atomic E-state index is 12.8. The Morgan fingerprint density at radius 3 is 2.68 bits per heavy atom. The number of amides is 3. The number of aryl methyl sites for hydroxylation is 1. The lowest BCUT2D eigenvalue weighted by molar-refractivity contribution is -0.116. The standard InChI is InChI=1S/C18H23N3O4/c1-2-25-18(24)21-9-3-8-20(10-11-21)17(23)14-4-6-15-13(12-14)5-7-16(22)19-15/h4,6,12H,2-3,5,7-11H2,1H3,(H,19,22). The van der Waals surface area contributed by atoms with Gasteiger partial charge >= 0.3 is 6.09 Å². The zero-order valence-corrected chi connectivity index (χ0v) is 14.4. The number of hydrogen-bond donors (Lipinski definition) is 1. The van der Waals surface area contributed by atoms with E-state index in [4.69, 9.17) is 4.74 Å². The van der Waals surface area contributed by atoms with Gasteiger partial charge in [-0.25, -0.2) is 4.79 Å². The quantitative estimate of drug-likeness (QED) is 0.888. The highest BCUT2D eigenvalue weighted by Crippen LogP contribution is 2.24. The highest BCUT2D eigenvalue weighted by molar-refractivity contribution is 5.98. The van der Waals surface area contributed by atoms with E-state index in [0.29, 0.717) is 51.2 Å². The number of benzene rings is 1. The minimum Gasteiger partial charge on any atom is -0.450 e. The van der Waals surface area contributed by atoms with Crippen molar-refractivity contribution in [2.24, 2.45) is 0 Å². The number of nitrogens with one attached hydrogen (secondary N) is 1. The minimum absolute atomic E-state index is 0.0122. The first kappa shape index (κ1) is 17.3. The molecule has 0 bridgehead atoms. The van der Waals surface area contributed by atoms with Gasteiger partial charge in [0.05, 0.1) is 6.61 Å². The Bertz CT molecular complexity index is 689. The number of ether oxygens (including phenoxy) is 1. The van der Waals surface area contributed by atoms with E-state index in [1.807, 2.05) is 6.07 Å². The molecule has 0 aliphatic carbocycles. The van der Waals surface area contributed by atoms with Crippen molar-refractivity contribution in [3.05, 3.63) is 29.3 Å². The van der Waals surface area contributed by atoms with Crippen molar-refractivity contribution in [2.75, 3.05) is 38.1 Å². The summed E-state index contributed by atoms with van der Waals surface area (Å²) >= 11 is 0. The Morgan fingerprint density at radius 2 is 1.88 bits per heavy atom. The highest BCUT2D eigenvalue weighted by Gasteiger charge is 2.24. The molecule has 0 saturated carbocycles. The van der Waals surface area contributed by atoms with Crippen molar-refractivity contribution >= 4 is 23.6 Å². The van der Waals surface area contributed by atoms with E-state index in [1.54, 1.807) is 28.9 Å². The fraction of sp³-hybridized carbons (Fsp3) is 0.500. The third-order valence-corrected chi connectivity index (χ3v) is 4.56. The van der Waals surface area contributed by atoms with Crippen molar-refractivity contribution in [2.45, 2.75) is 26.2 Å². The smallest absolute Gasteiger partial charge is 0.409 e. The molecule has 1 fully saturated rings. The van der Waals surface area contributed by atoms with Gasteiger partial charge in [0.25, 0.3) is 5.91 Å². The van der Waals surface area contributed by atoms with Gasteiger partial charge in [-0.15, -0.1) is 0 Å². The first-order valence-electron chi connectivity index (χ1n) is 8.72.